The fraction of sp³-hybridized carbons (Fsp3) is 0.381. The Morgan fingerprint density at radius 3 is 2.57 bits per heavy atom. The van der Waals surface area contributed by atoms with Crippen LogP contribution in [-0.4, -0.2) is 19.7 Å². The highest BCUT2D eigenvalue weighted by molar-refractivity contribution is 6.30. The largest absolute Gasteiger partial charge is 0.306 e. The van der Waals surface area contributed by atoms with E-state index in [1.54, 1.807) is 0 Å². The predicted octanol–water partition coefficient (Wildman–Crippen LogP) is 5.01. The zero-order chi connectivity index (χ0) is 19.1. The van der Waals surface area contributed by atoms with Gasteiger partial charge in [0.05, 0.1) is 12.2 Å². The number of nitrogens with one attached hydrogen (secondary N) is 1. The average Bonchev–Trinajstić information content (AvgIpc) is 3.04. The summed E-state index contributed by atoms with van der Waals surface area (Å²) in [6.07, 6.45) is 4.33. The second-order valence-corrected chi connectivity index (χ2v) is 8.44. The summed E-state index contributed by atoms with van der Waals surface area (Å²) in [6.45, 7) is 1.49. The number of rotatable bonds is 2. The lowest BCUT2D eigenvalue weighted by atomic mass is 9.80. The molecule has 3 heterocycles. The van der Waals surface area contributed by atoms with Crippen LogP contribution in [0.2, 0.25) is 10.2 Å². The van der Waals surface area contributed by atoms with Gasteiger partial charge in [0.25, 0.3) is 0 Å². The molecular formula is C21H21Cl2N5. The topological polar surface area (TPSA) is 55.6 Å². The van der Waals surface area contributed by atoms with Crippen molar-refractivity contribution in [3.05, 3.63) is 69.5 Å². The summed E-state index contributed by atoms with van der Waals surface area (Å²) >= 11 is 12.3. The summed E-state index contributed by atoms with van der Waals surface area (Å²) < 4.78 is 2.24. The number of fused-ring (bicyclic) bond motifs is 3. The maximum atomic E-state index is 6.22. The summed E-state index contributed by atoms with van der Waals surface area (Å²) in [5.74, 6) is 2.90. The fourth-order valence-electron chi connectivity index (χ4n) is 4.49. The molecule has 0 bridgehead atoms. The first-order valence-corrected chi connectivity index (χ1v) is 10.5. The molecular weight excluding hydrogens is 393 g/mol. The van der Waals surface area contributed by atoms with Gasteiger partial charge in [-0.05, 0) is 61.6 Å². The van der Waals surface area contributed by atoms with Gasteiger partial charge < -0.3 is 5.32 Å². The second-order valence-electron chi connectivity index (χ2n) is 7.62. The van der Waals surface area contributed by atoms with E-state index in [2.05, 4.69) is 37.2 Å². The first kappa shape index (κ1) is 18.1. The highest BCUT2D eigenvalue weighted by Crippen LogP contribution is 2.40. The van der Waals surface area contributed by atoms with Gasteiger partial charge in [-0.15, -0.1) is 10.2 Å². The molecule has 3 aromatic rings. The summed E-state index contributed by atoms with van der Waals surface area (Å²) in [5, 5.41) is 13.9. The van der Waals surface area contributed by atoms with E-state index in [1.807, 2.05) is 24.3 Å². The molecule has 1 N–H and O–H groups in total. The summed E-state index contributed by atoms with van der Waals surface area (Å²) in [6, 6.07) is 12.0. The fourth-order valence-corrected chi connectivity index (χ4v) is 4.86. The third-order valence-corrected chi connectivity index (χ3v) is 6.33. The van der Waals surface area contributed by atoms with Gasteiger partial charge >= 0.3 is 0 Å². The minimum atomic E-state index is 0.401. The quantitative estimate of drug-likeness (QED) is 0.599. The van der Waals surface area contributed by atoms with Crippen molar-refractivity contribution in [2.75, 3.05) is 0 Å². The molecule has 0 atom stereocenters. The van der Waals surface area contributed by atoms with E-state index in [-0.39, 0.29) is 0 Å². The van der Waals surface area contributed by atoms with Gasteiger partial charge in [0.2, 0.25) is 0 Å². The Morgan fingerprint density at radius 1 is 0.929 bits per heavy atom. The predicted molar refractivity (Wildman–Crippen MR) is 110 cm³/mol. The summed E-state index contributed by atoms with van der Waals surface area (Å²) in [4.78, 5) is 4.52. The molecule has 5 nitrogen and oxygen atoms in total. The number of aromatic nitrogens is 4. The molecule has 7 heteroatoms. The number of hydrogen-bond donors (Lipinski definition) is 1. The van der Waals surface area contributed by atoms with E-state index in [4.69, 9.17) is 23.2 Å². The van der Waals surface area contributed by atoms with Gasteiger partial charge in [-0.1, -0.05) is 29.3 Å². The molecule has 1 fully saturated rings. The third-order valence-electron chi connectivity index (χ3n) is 5.88. The van der Waals surface area contributed by atoms with E-state index in [1.165, 1.54) is 5.56 Å². The van der Waals surface area contributed by atoms with Gasteiger partial charge in [-0.25, -0.2) is 4.98 Å². The van der Waals surface area contributed by atoms with Crippen LogP contribution in [0.5, 0.6) is 0 Å². The van der Waals surface area contributed by atoms with E-state index >= 15 is 0 Å². The van der Waals surface area contributed by atoms with Crippen LogP contribution in [0.1, 0.15) is 60.4 Å². The van der Waals surface area contributed by atoms with Crippen LogP contribution in [-0.2, 0) is 13.1 Å². The third kappa shape index (κ3) is 3.32. The number of nitrogens with zero attached hydrogens (tertiary/aromatic N) is 4. The lowest BCUT2D eigenvalue weighted by molar-refractivity contribution is 0.377. The molecule has 2 aliphatic rings. The molecule has 5 rings (SSSR count). The van der Waals surface area contributed by atoms with Crippen molar-refractivity contribution in [3.8, 4) is 5.69 Å². The molecule has 28 heavy (non-hydrogen) atoms. The molecule has 1 aliphatic carbocycles. The molecule has 1 aliphatic heterocycles. The van der Waals surface area contributed by atoms with Crippen LogP contribution >= 0.6 is 23.2 Å². The zero-order valence-electron chi connectivity index (χ0n) is 15.4. The standard InChI is InChI=1S/C21H21Cl2N5/c22-16-8-9-18-15(10-16)11-24-12-20-26-27-21(28(18)20)14-6-4-13(5-7-14)17-2-1-3-19(23)25-17/h1-3,8-10,13-14,24H,4-7,11-12H2/t13-,14-. The van der Waals surface area contributed by atoms with Crippen molar-refractivity contribution >= 4 is 23.2 Å². The van der Waals surface area contributed by atoms with E-state index in [0.717, 1.165) is 60.3 Å². The molecule has 0 amide bonds. The first-order chi connectivity index (χ1) is 13.7. The van der Waals surface area contributed by atoms with Crippen LogP contribution in [0.3, 0.4) is 0 Å². The maximum Gasteiger partial charge on any atom is 0.151 e. The van der Waals surface area contributed by atoms with E-state index in [9.17, 15) is 0 Å². The first-order valence-electron chi connectivity index (χ1n) is 9.75. The van der Waals surface area contributed by atoms with Crippen molar-refractivity contribution in [1.82, 2.24) is 25.1 Å². The van der Waals surface area contributed by atoms with Crippen molar-refractivity contribution in [2.45, 2.75) is 50.6 Å². The Balaban J connectivity index is 1.42. The highest BCUT2D eigenvalue weighted by atomic mass is 35.5. The van der Waals surface area contributed by atoms with Crippen molar-refractivity contribution in [2.24, 2.45) is 0 Å². The Labute approximate surface area is 174 Å². The minimum Gasteiger partial charge on any atom is -0.306 e. The molecule has 0 radical (unpaired) electrons. The smallest absolute Gasteiger partial charge is 0.151 e. The molecule has 0 spiro atoms. The van der Waals surface area contributed by atoms with Gasteiger partial charge in [0.15, 0.2) is 5.82 Å². The normalized spacial score (nSPS) is 21.6. The number of halogens is 2. The van der Waals surface area contributed by atoms with Crippen LogP contribution in [0.4, 0.5) is 0 Å². The molecule has 1 saturated carbocycles. The molecule has 2 aromatic heterocycles. The van der Waals surface area contributed by atoms with E-state index < -0.39 is 0 Å². The highest BCUT2D eigenvalue weighted by Gasteiger charge is 2.30. The average molecular weight is 414 g/mol. The van der Waals surface area contributed by atoms with Gasteiger partial charge in [0, 0.05) is 29.1 Å². The zero-order valence-corrected chi connectivity index (χ0v) is 16.9. The monoisotopic (exact) mass is 413 g/mol. The Bertz CT molecular complexity index is 1010. The number of pyridine rings is 1. The molecule has 144 valence electrons. The summed E-state index contributed by atoms with van der Waals surface area (Å²) in [7, 11) is 0. The SMILES string of the molecule is Clc1ccc2c(c1)CNCc1nnc([C@H]3CC[C@H](c4cccc(Cl)n4)CC3)n1-2. The van der Waals surface area contributed by atoms with Gasteiger partial charge in [-0.3, -0.25) is 4.57 Å². The maximum absolute atomic E-state index is 6.22. The molecule has 0 saturated heterocycles. The van der Waals surface area contributed by atoms with Crippen LogP contribution in [0.15, 0.2) is 36.4 Å². The van der Waals surface area contributed by atoms with Gasteiger partial charge in [-0.2, -0.15) is 0 Å². The lowest BCUT2D eigenvalue weighted by Gasteiger charge is -2.28. The van der Waals surface area contributed by atoms with E-state index in [0.29, 0.717) is 23.5 Å². The van der Waals surface area contributed by atoms with Crippen molar-refractivity contribution in [3.63, 3.8) is 0 Å². The van der Waals surface area contributed by atoms with Crippen molar-refractivity contribution in [1.29, 1.82) is 0 Å². The van der Waals surface area contributed by atoms with Crippen LogP contribution < -0.4 is 5.32 Å². The second kappa shape index (κ2) is 7.47. The Hall–Kier alpha value is -1.95. The molecule has 0 unspecified atom stereocenters. The molecule has 1 aromatic carbocycles. The Morgan fingerprint density at radius 2 is 1.75 bits per heavy atom. The van der Waals surface area contributed by atoms with Crippen LogP contribution in [0.25, 0.3) is 5.69 Å². The van der Waals surface area contributed by atoms with Crippen molar-refractivity contribution < 1.29 is 0 Å². The lowest BCUT2D eigenvalue weighted by Crippen LogP contribution is -2.17. The summed E-state index contributed by atoms with van der Waals surface area (Å²) in [5.41, 5.74) is 3.43. The Kier molecular flexibility index (Phi) is 4.83. The number of hydrogen-bond acceptors (Lipinski definition) is 4. The van der Waals surface area contributed by atoms with Gasteiger partial charge in [0.1, 0.15) is 11.0 Å². The van der Waals surface area contributed by atoms with Crippen LogP contribution in [0, 0.1) is 0 Å². The minimum absolute atomic E-state index is 0.401. The number of benzene rings is 1.